The van der Waals surface area contributed by atoms with Gasteiger partial charge in [-0.1, -0.05) is 17.7 Å². The summed E-state index contributed by atoms with van der Waals surface area (Å²) in [5, 5.41) is 10.2. The van der Waals surface area contributed by atoms with Crippen molar-refractivity contribution in [3.05, 3.63) is 34.6 Å². The number of fused-ring (bicyclic) bond motifs is 1. The third kappa shape index (κ3) is 3.34. The Bertz CT molecular complexity index is 786. The molecular formula is C15H16ClN5O2. The monoisotopic (exact) mass is 333 g/mol. The van der Waals surface area contributed by atoms with Gasteiger partial charge < -0.3 is 5.32 Å². The number of anilines is 2. The standard InChI is InChI=1S/C15H16ClN5O2/c1-8-3-4-11(16)6-12(8)18-13(22)5-10-7-21-15(19-14(10)23)17-9(2)20-21/h3-4,6,10H,5,7H2,1-2H3,(H,18,22)(H,17,19,20,23). The van der Waals surface area contributed by atoms with E-state index in [0.717, 1.165) is 5.56 Å². The summed E-state index contributed by atoms with van der Waals surface area (Å²) in [6, 6.07) is 5.28. The van der Waals surface area contributed by atoms with Gasteiger partial charge in [0.25, 0.3) is 0 Å². The van der Waals surface area contributed by atoms with E-state index in [1.165, 1.54) is 0 Å². The van der Waals surface area contributed by atoms with Crippen LogP contribution in [-0.2, 0) is 16.1 Å². The van der Waals surface area contributed by atoms with Crippen LogP contribution in [0.15, 0.2) is 18.2 Å². The number of rotatable bonds is 3. The maximum absolute atomic E-state index is 12.2. The maximum atomic E-state index is 12.2. The highest BCUT2D eigenvalue weighted by atomic mass is 35.5. The second kappa shape index (κ2) is 6.00. The lowest BCUT2D eigenvalue weighted by Gasteiger charge is -2.21. The van der Waals surface area contributed by atoms with Crippen LogP contribution in [0, 0.1) is 19.8 Å². The Hall–Kier alpha value is -2.41. The third-order valence-electron chi connectivity index (χ3n) is 3.68. The van der Waals surface area contributed by atoms with Gasteiger partial charge in [0.1, 0.15) is 5.82 Å². The summed E-state index contributed by atoms with van der Waals surface area (Å²) in [6.45, 7) is 3.97. The fourth-order valence-electron chi connectivity index (χ4n) is 2.49. The van der Waals surface area contributed by atoms with Crippen LogP contribution >= 0.6 is 11.6 Å². The van der Waals surface area contributed by atoms with E-state index in [1.54, 1.807) is 23.7 Å². The summed E-state index contributed by atoms with van der Waals surface area (Å²) < 4.78 is 1.61. The molecule has 120 valence electrons. The quantitative estimate of drug-likeness (QED) is 0.900. The Balaban J connectivity index is 1.68. The SMILES string of the molecule is Cc1nc2n(n1)CC(CC(=O)Nc1cc(Cl)ccc1C)C(=O)N2. The average molecular weight is 334 g/mol. The minimum atomic E-state index is -0.483. The number of hydrogen-bond acceptors (Lipinski definition) is 4. The van der Waals surface area contributed by atoms with Crippen LogP contribution in [0.5, 0.6) is 0 Å². The van der Waals surface area contributed by atoms with Gasteiger partial charge in [0.05, 0.1) is 12.5 Å². The summed E-state index contributed by atoms with van der Waals surface area (Å²) in [6.07, 6.45) is 0.0656. The number of nitrogens with zero attached hydrogens (tertiary/aromatic N) is 3. The van der Waals surface area contributed by atoms with Gasteiger partial charge in [-0.05, 0) is 31.5 Å². The molecule has 8 heteroatoms. The fraction of sp³-hybridized carbons (Fsp3) is 0.333. The number of amides is 2. The first-order valence-electron chi connectivity index (χ1n) is 7.20. The van der Waals surface area contributed by atoms with Gasteiger partial charge in [-0.3, -0.25) is 14.9 Å². The molecule has 0 fully saturated rings. The zero-order valence-electron chi connectivity index (χ0n) is 12.8. The predicted molar refractivity (Wildman–Crippen MR) is 86.3 cm³/mol. The molecular weight excluding hydrogens is 318 g/mol. The third-order valence-corrected chi connectivity index (χ3v) is 3.92. The van der Waals surface area contributed by atoms with Crippen LogP contribution in [0.1, 0.15) is 17.8 Å². The van der Waals surface area contributed by atoms with Gasteiger partial charge in [-0.25, -0.2) is 4.68 Å². The van der Waals surface area contributed by atoms with Crippen molar-refractivity contribution in [3.63, 3.8) is 0 Å². The highest BCUT2D eigenvalue weighted by Gasteiger charge is 2.30. The first kappa shape index (κ1) is 15.5. The summed E-state index contributed by atoms with van der Waals surface area (Å²) in [4.78, 5) is 28.4. The number of carbonyl (C=O) groups excluding carboxylic acids is 2. The summed E-state index contributed by atoms with van der Waals surface area (Å²) in [7, 11) is 0. The van der Waals surface area contributed by atoms with E-state index in [0.29, 0.717) is 29.0 Å². The van der Waals surface area contributed by atoms with Crippen LogP contribution in [-0.4, -0.2) is 26.6 Å². The number of carbonyl (C=O) groups is 2. The van der Waals surface area contributed by atoms with Crippen molar-refractivity contribution in [3.8, 4) is 0 Å². The van der Waals surface area contributed by atoms with E-state index in [2.05, 4.69) is 20.7 Å². The number of halogens is 1. The van der Waals surface area contributed by atoms with Crippen molar-refractivity contribution in [1.29, 1.82) is 0 Å². The molecule has 3 rings (SSSR count). The molecule has 2 aromatic rings. The van der Waals surface area contributed by atoms with Crippen molar-refractivity contribution in [2.45, 2.75) is 26.8 Å². The number of nitrogens with one attached hydrogen (secondary N) is 2. The minimum absolute atomic E-state index is 0.0656. The Kier molecular flexibility index (Phi) is 4.04. The zero-order chi connectivity index (χ0) is 16.6. The Morgan fingerprint density at radius 1 is 1.48 bits per heavy atom. The molecule has 1 atom stereocenters. The Morgan fingerprint density at radius 3 is 3.04 bits per heavy atom. The van der Waals surface area contributed by atoms with E-state index in [4.69, 9.17) is 11.6 Å². The van der Waals surface area contributed by atoms with E-state index in [-0.39, 0.29) is 18.2 Å². The van der Waals surface area contributed by atoms with E-state index < -0.39 is 5.92 Å². The molecule has 1 aromatic carbocycles. The molecule has 1 aliphatic heterocycles. The summed E-state index contributed by atoms with van der Waals surface area (Å²) >= 11 is 5.94. The number of aromatic nitrogens is 3. The molecule has 1 unspecified atom stereocenters. The first-order chi connectivity index (χ1) is 10.9. The molecule has 0 radical (unpaired) electrons. The largest absolute Gasteiger partial charge is 0.326 e. The Labute approximate surface area is 138 Å². The van der Waals surface area contributed by atoms with Crippen LogP contribution in [0.4, 0.5) is 11.6 Å². The lowest BCUT2D eigenvalue weighted by Crippen LogP contribution is -2.36. The number of hydrogen-bond donors (Lipinski definition) is 2. The molecule has 23 heavy (non-hydrogen) atoms. The Morgan fingerprint density at radius 2 is 2.26 bits per heavy atom. The van der Waals surface area contributed by atoms with Gasteiger partial charge in [-0.15, -0.1) is 0 Å². The normalized spacial score (nSPS) is 16.7. The first-order valence-corrected chi connectivity index (χ1v) is 7.58. The van der Waals surface area contributed by atoms with E-state index >= 15 is 0 Å². The molecule has 0 saturated heterocycles. The molecule has 1 aromatic heterocycles. The van der Waals surface area contributed by atoms with Gasteiger partial charge in [0.2, 0.25) is 17.8 Å². The highest BCUT2D eigenvalue weighted by molar-refractivity contribution is 6.31. The summed E-state index contributed by atoms with van der Waals surface area (Å²) in [5.74, 6) is 0.0663. The van der Waals surface area contributed by atoms with Crippen molar-refractivity contribution in [1.82, 2.24) is 14.8 Å². The molecule has 2 heterocycles. The molecule has 7 nitrogen and oxygen atoms in total. The van der Waals surface area contributed by atoms with Crippen LogP contribution in [0.2, 0.25) is 5.02 Å². The second-order valence-corrected chi connectivity index (χ2v) is 6.00. The van der Waals surface area contributed by atoms with Crippen LogP contribution in [0.25, 0.3) is 0 Å². The zero-order valence-corrected chi connectivity index (χ0v) is 13.5. The maximum Gasteiger partial charge on any atom is 0.232 e. The van der Waals surface area contributed by atoms with Crippen molar-refractivity contribution >= 4 is 35.1 Å². The van der Waals surface area contributed by atoms with Crippen molar-refractivity contribution < 1.29 is 9.59 Å². The summed E-state index contributed by atoms with van der Waals surface area (Å²) in [5.41, 5.74) is 1.56. The smallest absolute Gasteiger partial charge is 0.232 e. The van der Waals surface area contributed by atoms with Gasteiger partial charge >= 0.3 is 0 Å². The minimum Gasteiger partial charge on any atom is -0.326 e. The van der Waals surface area contributed by atoms with Gasteiger partial charge in [0, 0.05) is 17.1 Å². The van der Waals surface area contributed by atoms with Gasteiger partial charge in [-0.2, -0.15) is 10.1 Å². The molecule has 0 spiro atoms. The highest BCUT2D eigenvalue weighted by Crippen LogP contribution is 2.22. The topological polar surface area (TPSA) is 88.9 Å². The molecule has 0 saturated carbocycles. The van der Waals surface area contributed by atoms with Gasteiger partial charge in [0.15, 0.2) is 0 Å². The van der Waals surface area contributed by atoms with Crippen LogP contribution in [0.3, 0.4) is 0 Å². The average Bonchev–Trinajstić information content (AvgIpc) is 2.82. The molecule has 2 amide bonds. The van der Waals surface area contributed by atoms with E-state index in [9.17, 15) is 9.59 Å². The number of benzene rings is 1. The lowest BCUT2D eigenvalue weighted by atomic mass is 10.0. The van der Waals surface area contributed by atoms with Crippen molar-refractivity contribution in [2.75, 3.05) is 10.6 Å². The lowest BCUT2D eigenvalue weighted by molar-refractivity contribution is -0.126. The van der Waals surface area contributed by atoms with Crippen molar-refractivity contribution in [2.24, 2.45) is 5.92 Å². The van der Waals surface area contributed by atoms with Crippen LogP contribution < -0.4 is 10.6 Å². The molecule has 2 N–H and O–H groups in total. The van der Waals surface area contributed by atoms with E-state index in [1.807, 2.05) is 13.0 Å². The molecule has 0 bridgehead atoms. The fourth-order valence-corrected chi connectivity index (χ4v) is 2.66. The molecule has 1 aliphatic rings. The number of aryl methyl sites for hydroxylation is 2. The predicted octanol–water partition coefficient (Wildman–Crippen LogP) is 2.15. The second-order valence-electron chi connectivity index (χ2n) is 5.56. The molecule has 0 aliphatic carbocycles.